The normalized spacial score (nSPS) is 12.8. The highest BCUT2D eigenvalue weighted by atomic mass is 16.3. The van der Waals surface area contributed by atoms with Crippen LogP contribution in [0.25, 0.3) is 72.7 Å². The van der Waals surface area contributed by atoms with Gasteiger partial charge in [-0.05, 0) is 134 Å². The number of aromatic hydroxyl groups is 1. The van der Waals surface area contributed by atoms with Gasteiger partial charge in [-0.15, -0.1) is 0 Å². The van der Waals surface area contributed by atoms with Crippen molar-refractivity contribution in [3.05, 3.63) is 168 Å². The molecule has 1 N–H and O–H groups in total. The molecule has 0 amide bonds. The molecule has 8 aromatic rings. The second kappa shape index (κ2) is 16.8. The Labute approximate surface area is 377 Å². The Hall–Kier alpha value is -6.26. The van der Waals surface area contributed by atoms with E-state index < -0.39 is 5.89 Å². The van der Waals surface area contributed by atoms with Crippen LogP contribution < -0.4 is 0 Å². The first kappa shape index (κ1) is 42.1. The van der Waals surface area contributed by atoms with E-state index in [9.17, 15) is 5.11 Å². The lowest BCUT2D eigenvalue weighted by Crippen LogP contribution is -2.12. The van der Waals surface area contributed by atoms with Gasteiger partial charge in [-0.3, -0.25) is 9.55 Å². The number of phenols is 1. The molecule has 4 nitrogen and oxygen atoms in total. The van der Waals surface area contributed by atoms with Crippen LogP contribution in [0.2, 0.25) is 0 Å². The summed E-state index contributed by atoms with van der Waals surface area (Å²) < 4.78 is 11.2. The van der Waals surface area contributed by atoms with Crippen molar-refractivity contribution in [2.45, 2.75) is 111 Å². The monoisotopic (exact) mass is 831 g/mol. The van der Waals surface area contributed by atoms with E-state index in [4.69, 9.17) is 11.3 Å². The number of pyridine rings is 1. The van der Waals surface area contributed by atoms with Gasteiger partial charge in [0, 0.05) is 24.3 Å². The number of para-hydroxylation sites is 1. The van der Waals surface area contributed by atoms with Crippen LogP contribution in [0.4, 0.5) is 0 Å². The van der Waals surface area contributed by atoms with E-state index in [2.05, 4.69) is 208 Å². The second-order valence-electron chi connectivity index (χ2n) is 20.1. The predicted molar refractivity (Wildman–Crippen MR) is 267 cm³/mol. The van der Waals surface area contributed by atoms with Crippen LogP contribution in [-0.4, -0.2) is 19.6 Å². The van der Waals surface area contributed by atoms with E-state index in [1.165, 1.54) is 11.1 Å². The first-order valence-electron chi connectivity index (χ1n) is 23.1. The Kier molecular flexibility index (Phi) is 11.2. The molecule has 0 aliphatic carbocycles. The van der Waals surface area contributed by atoms with Crippen molar-refractivity contribution < 1.29 is 6.48 Å². The number of aromatic nitrogens is 3. The van der Waals surface area contributed by atoms with Crippen LogP contribution in [0.15, 0.2) is 146 Å². The first-order valence-corrected chi connectivity index (χ1v) is 22.6. The minimum Gasteiger partial charge on any atom is -0.507 e. The van der Waals surface area contributed by atoms with E-state index in [0.29, 0.717) is 11.4 Å². The zero-order valence-electron chi connectivity index (χ0n) is 40.1. The average molecular weight is 831 g/mol. The smallest absolute Gasteiger partial charge is 0.149 e. The molecule has 0 saturated carbocycles. The van der Waals surface area contributed by atoms with Crippen molar-refractivity contribution >= 4 is 11.0 Å². The number of rotatable bonds is 9. The molecule has 2 heterocycles. The van der Waals surface area contributed by atoms with Gasteiger partial charge in [0.25, 0.3) is 0 Å². The van der Waals surface area contributed by atoms with E-state index in [-0.39, 0.29) is 22.0 Å². The Morgan fingerprint density at radius 2 is 1.17 bits per heavy atom. The fourth-order valence-corrected chi connectivity index (χ4v) is 8.67. The highest BCUT2D eigenvalue weighted by Gasteiger charge is 2.26. The predicted octanol–water partition coefficient (Wildman–Crippen LogP) is 16.3. The molecule has 0 aliphatic heterocycles. The molecule has 0 radical (unpaired) electrons. The molecule has 0 aliphatic rings. The first-order chi connectivity index (χ1) is 30.3. The average Bonchev–Trinajstić information content (AvgIpc) is 3.67. The number of phenolic OH excluding ortho intramolecular Hbond substituents is 1. The van der Waals surface area contributed by atoms with Gasteiger partial charge < -0.3 is 5.11 Å². The number of hydrogen-bond donors (Lipinski definition) is 1. The van der Waals surface area contributed by atoms with E-state index in [0.717, 1.165) is 85.3 Å². The summed E-state index contributed by atoms with van der Waals surface area (Å²) in [5.41, 5.74) is 16.0. The Balaban J connectivity index is 1.37. The lowest BCUT2D eigenvalue weighted by molar-refractivity contribution is 0.475. The third-order valence-corrected chi connectivity index (χ3v) is 12.6. The fraction of sp³-hybridized carbons (Fsp3) is 0.288. The van der Waals surface area contributed by atoms with E-state index in [1.807, 2.05) is 18.3 Å². The number of imidazole rings is 1. The molecule has 0 unspecified atom stereocenters. The zero-order valence-corrected chi connectivity index (χ0v) is 39.1. The molecular formula is C59H63N3O. The summed E-state index contributed by atoms with van der Waals surface area (Å²) in [6.45, 7) is 24.3. The number of nitrogens with zero attached hydrogens (tertiary/aromatic N) is 3. The molecule has 6 aromatic carbocycles. The molecule has 0 atom stereocenters. The van der Waals surface area contributed by atoms with E-state index >= 15 is 0 Å². The Morgan fingerprint density at radius 1 is 0.540 bits per heavy atom. The molecule has 8 rings (SSSR count). The van der Waals surface area contributed by atoms with Crippen molar-refractivity contribution in [1.82, 2.24) is 14.5 Å². The van der Waals surface area contributed by atoms with Crippen molar-refractivity contribution in [3.63, 3.8) is 0 Å². The SMILES string of the molecule is [2H]C(CC)(CC)c1ccc(-c2ccnc(-c3cc(-c4cccc5c4nc(-c4cc(C(C)(C)C)ccc4O)n5-c4ccc(C(C)(C)C)cc4-c4ccccc4)cc(C(C)(C)C)c3)c2)cc1. The molecule has 4 heteroatoms. The van der Waals surface area contributed by atoms with Gasteiger partial charge in [-0.1, -0.05) is 161 Å². The Morgan fingerprint density at radius 3 is 1.83 bits per heavy atom. The highest BCUT2D eigenvalue weighted by Crippen LogP contribution is 2.43. The van der Waals surface area contributed by atoms with Crippen LogP contribution in [0.1, 0.15) is 119 Å². The maximum Gasteiger partial charge on any atom is 0.149 e. The number of benzene rings is 6. The maximum absolute atomic E-state index is 11.8. The van der Waals surface area contributed by atoms with Crippen LogP contribution in [0.5, 0.6) is 5.75 Å². The van der Waals surface area contributed by atoms with Crippen molar-refractivity contribution in [2.24, 2.45) is 0 Å². The van der Waals surface area contributed by atoms with Gasteiger partial charge in [0.15, 0.2) is 0 Å². The number of hydrogen-bond acceptors (Lipinski definition) is 3. The van der Waals surface area contributed by atoms with Gasteiger partial charge in [0.2, 0.25) is 0 Å². The van der Waals surface area contributed by atoms with Crippen molar-refractivity contribution in [3.8, 4) is 67.5 Å². The third kappa shape index (κ3) is 8.74. The zero-order chi connectivity index (χ0) is 45.8. The van der Waals surface area contributed by atoms with Gasteiger partial charge in [-0.25, -0.2) is 4.98 Å². The molecule has 0 saturated heterocycles. The molecular weight excluding hydrogens is 767 g/mol. The fourth-order valence-electron chi connectivity index (χ4n) is 8.67. The highest BCUT2D eigenvalue weighted by molar-refractivity contribution is 5.98. The summed E-state index contributed by atoms with van der Waals surface area (Å²) >= 11 is 0. The molecule has 0 bridgehead atoms. The lowest BCUT2D eigenvalue weighted by Gasteiger charge is -2.23. The molecule has 63 heavy (non-hydrogen) atoms. The van der Waals surface area contributed by atoms with Crippen molar-refractivity contribution in [2.75, 3.05) is 0 Å². The molecule has 320 valence electrons. The second-order valence-corrected chi connectivity index (χ2v) is 20.1. The largest absolute Gasteiger partial charge is 0.507 e. The standard InChI is InChI=1S/C59H63N3O/c1-12-38(13-2)39-22-24-40(25-23-39)42-30-31-60-51(35-42)44-32-43(33-47(34-44)59(9,10)11)48-20-17-21-53-55(48)61-56(50-37-46(58(6,7)8)27-29-54(50)63)62(53)52-28-26-45(57(3,4)5)36-49(52)41-18-15-14-16-19-41/h14-38,63H,12-13H2,1-11H3/i38D. The quantitative estimate of drug-likeness (QED) is 0.158. The van der Waals surface area contributed by atoms with Crippen LogP contribution in [0.3, 0.4) is 0 Å². The molecule has 0 spiro atoms. The summed E-state index contributed by atoms with van der Waals surface area (Å²) in [4.78, 5) is 10.5. The molecule has 2 aromatic heterocycles. The summed E-state index contributed by atoms with van der Waals surface area (Å²) in [5.74, 6) is 0.286. The van der Waals surface area contributed by atoms with Crippen molar-refractivity contribution in [1.29, 1.82) is 0 Å². The van der Waals surface area contributed by atoms with E-state index in [1.54, 1.807) is 0 Å². The van der Waals surface area contributed by atoms with Crippen LogP contribution in [-0.2, 0) is 16.2 Å². The summed E-state index contributed by atoms with van der Waals surface area (Å²) in [5, 5.41) is 11.8. The number of fused-ring (bicyclic) bond motifs is 1. The summed E-state index contributed by atoms with van der Waals surface area (Å²) in [6.07, 6.45) is 3.45. The summed E-state index contributed by atoms with van der Waals surface area (Å²) in [6, 6.07) is 49.4. The minimum atomic E-state index is -0.580. The van der Waals surface area contributed by atoms with Gasteiger partial charge in [0.1, 0.15) is 11.6 Å². The molecule has 0 fully saturated rings. The van der Waals surface area contributed by atoms with Gasteiger partial charge in [0.05, 0.1) is 28.0 Å². The summed E-state index contributed by atoms with van der Waals surface area (Å²) in [7, 11) is 0. The van der Waals surface area contributed by atoms with Gasteiger partial charge >= 0.3 is 0 Å². The Bertz CT molecular complexity index is 2970. The minimum absolute atomic E-state index is 0.0677. The van der Waals surface area contributed by atoms with Gasteiger partial charge in [-0.2, -0.15) is 0 Å². The maximum atomic E-state index is 11.8. The topological polar surface area (TPSA) is 50.9 Å². The third-order valence-electron chi connectivity index (χ3n) is 12.6. The lowest BCUT2D eigenvalue weighted by atomic mass is 9.83. The van der Waals surface area contributed by atoms with Crippen LogP contribution in [0, 0.1) is 0 Å². The van der Waals surface area contributed by atoms with Crippen LogP contribution >= 0.6 is 0 Å².